The van der Waals surface area contributed by atoms with Gasteiger partial charge in [-0.2, -0.15) is 0 Å². The Labute approximate surface area is 138 Å². The summed E-state index contributed by atoms with van der Waals surface area (Å²) in [6.45, 7) is 11.5. The van der Waals surface area contributed by atoms with Crippen molar-refractivity contribution in [2.45, 2.75) is 77.0 Å². The molecule has 0 aliphatic carbocycles. The predicted octanol–water partition coefficient (Wildman–Crippen LogP) is 4.28. The molecule has 2 N–H and O–H groups in total. The summed E-state index contributed by atoms with van der Waals surface area (Å²) in [4.78, 5) is 0. The molecule has 21 heavy (non-hydrogen) atoms. The van der Waals surface area contributed by atoms with Crippen LogP contribution >= 0.6 is 15.9 Å². The van der Waals surface area contributed by atoms with Crippen molar-refractivity contribution in [1.82, 2.24) is 10.6 Å². The van der Waals surface area contributed by atoms with Crippen molar-refractivity contribution in [3.63, 3.8) is 0 Å². The van der Waals surface area contributed by atoms with E-state index >= 15 is 0 Å². The molecule has 0 amide bonds. The first kappa shape index (κ1) is 17.0. The molecule has 1 heterocycles. The van der Waals surface area contributed by atoms with E-state index in [4.69, 9.17) is 0 Å². The lowest BCUT2D eigenvalue weighted by Gasteiger charge is -2.47. The van der Waals surface area contributed by atoms with Crippen LogP contribution in [-0.4, -0.2) is 23.2 Å². The van der Waals surface area contributed by atoms with Crippen LogP contribution in [0.2, 0.25) is 0 Å². The molecule has 0 aromatic heterocycles. The summed E-state index contributed by atoms with van der Waals surface area (Å²) in [5.74, 6) is 0. The third kappa shape index (κ3) is 5.39. The van der Waals surface area contributed by atoms with E-state index in [1.54, 1.807) is 0 Å². The van der Waals surface area contributed by atoms with Crippen molar-refractivity contribution in [2.75, 3.05) is 0 Å². The third-order valence-corrected chi connectivity index (χ3v) is 4.69. The van der Waals surface area contributed by atoms with Gasteiger partial charge in [0, 0.05) is 27.6 Å². The van der Waals surface area contributed by atoms with Crippen LogP contribution < -0.4 is 10.6 Å². The largest absolute Gasteiger partial charge is 0.311 e. The number of halogens is 1. The molecule has 2 rings (SSSR count). The van der Waals surface area contributed by atoms with E-state index in [1.165, 1.54) is 18.4 Å². The van der Waals surface area contributed by atoms with Crippen molar-refractivity contribution in [2.24, 2.45) is 0 Å². The topological polar surface area (TPSA) is 24.1 Å². The minimum absolute atomic E-state index is 0.205. The maximum absolute atomic E-state index is 3.84. The maximum Gasteiger partial charge on any atom is 0.0175 e. The molecule has 118 valence electrons. The predicted molar refractivity (Wildman–Crippen MR) is 94.8 cm³/mol. The fourth-order valence-electron chi connectivity index (χ4n) is 3.88. The molecule has 2 nitrogen and oxygen atoms in total. The van der Waals surface area contributed by atoms with Gasteiger partial charge in [-0.3, -0.25) is 0 Å². The van der Waals surface area contributed by atoms with E-state index in [0.29, 0.717) is 12.1 Å². The Hall–Kier alpha value is -0.380. The smallest absolute Gasteiger partial charge is 0.0175 e. The molecule has 1 aromatic rings. The average molecular weight is 353 g/mol. The Morgan fingerprint density at radius 1 is 1.14 bits per heavy atom. The van der Waals surface area contributed by atoms with Crippen LogP contribution in [0.25, 0.3) is 0 Å². The molecule has 0 saturated carbocycles. The Balaban J connectivity index is 1.92. The first-order valence-electron chi connectivity index (χ1n) is 7.95. The van der Waals surface area contributed by atoms with Gasteiger partial charge < -0.3 is 10.6 Å². The molecule has 1 aromatic carbocycles. The highest BCUT2D eigenvalue weighted by atomic mass is 79.9. The van der Waals surface area contributed by atoms with Crippen molar-refractivity contribution in [3.05, 3.63) is 34.3 Å². The monoisotopic (exact) mass is 352 g/mol. The van der Waals surface area contributed by atoms with Crippen molar-refractivity contribution in [3.8, 4) is 0 Å². The van der Waals surface area contributed by atoms with Crippen LogP contribution in [-0.2, 0) is 6.42 Å². The van der Waals surface area contributed by atoms with Crippen LogP contribution in [0.4, 0.5) is 0 Å². The summed E-state index contributed by atoms with van der Waals surface area (Å²) in [6.07, 6.45) is 3.44. The fourth-order valence-corrected chi connectivity index (χ4v) is 4.14. The van der Waals surface area contributed by atoms with Gasteiger partial charge in [-0.1, -0.05) is 28.1 Å². The molecule has 1 aliphatic heterocycles. The standard InChI is InChI=1S/C18H29BrN2/c1-13(10-14-6-8-15(19)9-7-14)20-16-11-17(2,3)21-18(4,5)12-16/h6-9,13,16,20-21H,10-12H2,1-5H3. The molecule has 0 radical (unpaired) electrons. The van der Waals surface area contributed by atoms with Gasteiger partial charge in [-0.05, 0) is 71.6 Å². The van der Waals surface area contributed by atoms with Crippen LogP contribution in [0.3, 0.4) is 0 Å². The molecule has 1 saturated heterocycles. The van der Waals surface area contributed by atoms with E-state index in [-0.39, 0.29) is 11.1 Å². The van der Waals surface area contributed by atoms with Crippen LogP contribution in [0.5, 0.6) is 0 Å². The van der Waals surface area contributed by atoms with E-state index < -0.39 is 0 Å². The number of benzene rings is 1. The molecular formula is C18H29BrN2. The van der Waals surface area contributed by atoms with Gasteiger partial charge in [-0.25, -0.2) is 0 Å². The lowest BCUT2D eigenvalue weighted by molar-refractivity contribution is 0.141. The van der Waals surface area contributed by atoms with Gasteiger partial charge in [0.2, 0.25) is 0 Å². The summed E-state index contributed by atoms with van der Waals surface area (Å²) in [7, 11) is 0. The number of nitrogens with one attached hydrogen (secondary N) is 2. The minimum Gasteiger partial charge on any atom is -0.311 e. The quantitative estimate of drug-likeness (QED) is 0.844. The molecular weight excluding hydrogens is 324 g/mol. The lowest BCUT2D eigenvalue weighted by Crippen LogP contribution is -2.62. The highest BCUT2D eigenvalue weighted by Gasteiger charge is 2.37. The highest BCUT2D eigenvalue weighted by Crippen LogP contribution is 2.28. The van der Waals surface area contributed by atoms with E-state index in [9.17, 15) is 0 Å². The van der Waals surface area contributed by atoms with Crippen LogP contribution in [0, 0.1) is 0 Å². The number of piperidine rings is 1. The molecule has 1 unspecified atom stereocenters. The second kappa shape index (κ2) is 6.39. The molecule has 1 fully saturated rings. The fraction of sp³-hybridized carbons (Fsp3) is 0.667. The van der Waals surface area contributed by atoms with Crippen LogP contribution in [0.1, 0.15) is 53.0 Å². The normalized spacial score (nSPS) is 23.0. The maximum atomic E-state index is 3.84. The summed E-state index contributed by atoms with van der Waals surface area (Å²) in [5, 5.41) is 7.59. The number of hydrogen-bond acceptors (Lipinski definition) is 2. The van der Waals surface area contributed by atoms with Crippen molar-refractivity contribution < 1.29 is 0 Å². The van der Waals surface area contributed by atoms with Gasteiger partial charge in [0.05, 0.1) is 0 Å². The molecule has 1 atom stereocenters. The van der Waals surface area contributed by atoms with Gasteiger partial charge in [-0.15, -0.1) is 0 Å². The highest BCUT2D eigenvalue weighted by molar-refractivity contribution is 9.10. The Bertz CT molecular complexity index is 449. The summed E-state index contributed by atoms with van der Waals surface area (Å²) in [6, 6.07) is 9.75. The molecule has 1 aliphatic rings. The SMILES string of the molecule is CC(Cc1ccc(Br)cc1)NC1CC(C)(C)NC(C)(C)C1. The van der Waals surface area contributed by atoms with Gasteiger partial charge in [0.1, 0.15) is 0 Å². The van der Waals surface area contributed by atoms with Gasteiger partial charge in [0.25, 0.3) is 0 Å². The third-order valence-electron chi connectivity index (χ3n) is 4.17. The van der Waals surface area contributed by atoms with Crippen LogP contribution in [0.15, 0.2) is 28.7 Å². The zero-order valence-corrected chi connectivity index (χ0v) is 15.5. The zero-order valence-electron chi connectivity index (χ0n) is 14.0. The van der Waals surface area contributed by atoms with E-state index in [2.05, 4.69) is 85.4 Å². The van der Waals surface area contributed by atoms with Crippen molar-refractivity contribution >= 4 is 15.9 Å². The average Bonchev–Trinajstić information content (AvgIpc) is 2.27. The lowest BCUT2D eigenvalue weighted by atomic mass is 9.79. The van der Waals surface area contributed by atoms with Gasteiger partial charge in [0.15, 0.2) is 0 Å². The zero-order chi connectivity index (χ0) is 15.7. The Morgan fingerprint density at radius 3 is 2.19 bits per heavy atom. The second-order valence-corrected chi connectivity index (χ2v) is 8.81. The Kier molecular flexibility index (Phi) is 5.17. The number of hydrogen-bond donors (Lipinski definition) is 2. The van der Waals surface area contributed by atoms with Gasteiger partial charge >= 0.3 is 0 Å². The molecule has 3 heteroatoms. The summed E-state index contributed by atoms with van der Waals surface area (Å²) < 4.78 is 1.15. The first-order valence-corrected chi connectivity index (χ1v) is 8.74. The van der Waals surface area contributed by atoms with Crippen molar-refractivity contribution in [1.29, 1.82) is 0 Å². The van der Waals surface area contributed by atoms with E-state index in [1.807, 2.05) is 0 Å². The molecule has 0 bridgehead atoms. The summed E-state index contributed by atoms with van der Waals surface area (Å²) >= 11 is 3.49. The summed E-state index contributed by atoms with van der Waals surface area (Å²) in [5.41, 5.74) is 1.80. The van der Waals surface area contributed by atoms with E-state index in [0.717, 1.165) is 10.9 Å². The first-order chi connectivity index (χ1) is 9.65. The number of rotatable bonds is 4. The minimum atomic E-state index is 0.205. The second-order valence-electron chi connectivity index (χ2n) is 7.90. The Morgan fingerprint density at radius 2 is 1.67 bits per heavy atom. The molecule has 0 spiro atoms.